The Morgan fingerprint density at radius 1 is 1.37 bits per heavy atom. The van der Waals surface area contributed by atoms with Crippen molar-refractivity contribution in [3.63, 3.8) is 0 Å². The lowest BCUT2D eigenvalue weighted by atomic mass is 10.2. The van der Waals surface area contributed by atoms with Gasteiger partial charge in [0.2, 0.25) is 5.91 Å². The van der Waals surface area contributed by atoms with E-state index in [1.165, 1.54) is 31.0 Å². The second-order valence-electron chi connectivity index (χ2n) is 5.40. The maximum atomic E-state index is 12.0. The summed E-state index contributed by atoms with van der Waals surface area (Å²) in [4.78, 5) is 12.0. The first kappa shape index (κ1) is 13.0. The third-order valence-electron chi connectivity index (χ3n) is 3.65. The van der Waals surface area contributed by atoms with E-state index in [2.05, 4.69) is 20.1 Å². The molecule has 0 aromatic carbocycles. The summed E-state index contributed by atoms with van der Waals surface area (Å²) in [7, 11) is 0. The van der Waals surface area contributed by atoms with Crippen molar-refractivity contribution in [2.24, 2.45) is 0 Å². The molecular formula is C13H20N4OS. The molecule has 1 amide bonds. The number of aryl methyl sites for hydroxylation is 1. The van der Waals surface area contributed by atoms with Gasteiger partial charge in [-0.3, -0.25) is 4.79 Å². The normalized spacial score (nSPS) is 20.5. The quantitative estimate of drug-likeness (QED) is 0.854. The molecule has 19 heavy (non-hydrogen) atoms. The third-order valence-corrected chi connectivity index (χ3v) is 4.73. The molecular weight excluding hydrogens is 260 g/mol. The highest BCUT2D eigenvalue weighted by molar-refractivity contribution is 8.00. The molecule has 1 aliphatic heterocycles. The first-order valence-corrected chi connectivity index (χ1v) is 8.01. The molecule has 2 heterocycles. The number of amides is 1. The summed E-state index contributed by atoms with van der Waals surface area (Å²) in [6.45, 7) is 2.93. The molecule has 1 atom stereocenters. The van der Waals surface area contributed by atoms with E-state index < -0.39 is 0 Å². The molecule has 1 saturated carbocycles. The largest absolute Gasteiger partial charge is 0.352 e. The van der Waals surface area contributed by atoms with Crippen LogP contribution >= 0.6 is 11.8 Å². The Balaban J connectivity index is 1.65. The summed E-state index contributed by atoms with van der Waals surface area (Å²) in [6.07, 6.45) is 6.90. The first-order chi connectivity index (χ1) is 9.24. The van der Waals surface area contributed by atoms with E-state index in [0.29, 0.717) is 6.04 Å². The van der Waals surface area contributed by atoms with Gasteiger partial charge in [0.15, 0.2) is 5.16 Å². The number of thioether (sulfide) groups is 1. The van der Waals surface area contributed by atoms with Gasteiger partial charge in [-0.25, -0.2) is 0 Å². The van der Waals surface area contributed by atoms with Crippen molar-refractivity contribution in [2.75, 3.05) is 0 Å². The van der Waals surface area contributed by atoms with E-state index >= 15 is 0 Å². The number of aromatic nitrogens is 3. The summed E-state index contributed by atoms with van der Waals surface area (Å²) < 4.78 is 2.19. The molecule has 1 aliphatic carbocycles. The van der Waals surface area contributed by atoms with Crippen LogP contribution in [-0.2, 0) is 17.8 Å². The average Bonchev–Trinajstić information content (AvgIpc) is 3.17. The monoisotopic (exact) mass is 280 g/mol. The summed E-state index contributed by atoms with van der Waals surface area (Å²) in [5.74, 6) is 1.20. The topological polar surface area (TPSA) is 59.8 Å². The molecule has 1 fully saturated rings. The van der Waals surface area contributed by atoms with Crippen molar-refractivity contribution in [1.82, 2.24) is 20.1 Å². The van der Waals surface area contributed by atoms with Crippen LogP contribution in [0.1, 0.15) is 44.9 Å². The number of carbonyl (C=O) groups excluding carboxylic acids is 1. The van der Waals surface area contributed by atoms with Crippen LogP contribution < -0.4 is 5.32 Å². The van der Waals surface area contributed by atoms with Crippen molar-refractivity contribution < 1.29 is 4.79 Å². The van der Waals surface area contributed by atoms with Crippen LogP contribution in [0.3, 0.4) is 0 Å². The predicted molar refractivity (Wildman–Crippen MR) is 74.1 cm³/mol. The Morgan fingerprint density at radius 3 is 3.00 bits per heavy atom. The van der Waals surface area contributed by atoms with E-state index in [0.717, 1.165) is 36.8 Å². The van der Waals surface area contributed by atoms with Crippen molar-refractivity contribution >= 4 is 17.7 Å². The molecule has 0 spiro atoms. The van der Waals surface area contributed by atoms with Crippen LogP contribution in [0.25, 0.3) is 0 Å². The molecule has 5 nitrogen and oxygen atoms in total. The number of hydrogen-bond donors (Lipinski definition) is 1. The van der Waals surface area contributed by atoms with Crippen molar-refractivity contribution in [3.8, 4) is 0 Å². The fourth-order valence-corrected chi connectivity index (χ4v) is 3.21. The van der Waals surface area contributed by atoms with E-state index in [1.807, 2.05) is 6.92 Å². The Kier molecular flexibility index (Phi) is 3.77. The molecule has 2 aliphatic rings. The highest BCUT2D eigenvalue weighted by atomic mass is 32.2. The summed E-state index contributed by atoms with van der Waals surface area (Å²) >= 11 is 1.53. The minimum Gasteiger partial charge on any atom is -0.352 e. The van der Waals surface area contributed by atoms with Gasteiger partial charge >= 0.3 is 0 Å². The molecule has 3 rings (SSSR count). The zero-order chi connectivity index (χ0) is 13.2. The van der Waals surface area contributed by atoms with E-state index in [-0.39, 0.29) is 11.2 Å². The molecule has 104 valence electrons. The van der Waals surface area contributed by atoms with E-state index in [4.69, 9.17) is 0 Å². The zero-order valence-corrected chi connectivity index (χ0v) is 12.1. The maximum absolute atomic E-state index is 12.0. The SMILES string of the molecule is C[C@H](Sc1nnc2n1CCCCC2)C(=O)NC1CC1. The number of fused-ring (bicyclic) bond motifs is 1. The summed E-state index contributed by atoms with van der Waals surface area (Å²) in [5, 5.41) is 12.4. The molecule has 1 N–H and O–H groups in total. The van der Waals surface area contributed by atoms with Gasteiger partial charge in [0.25, 0.3) is 0 Å². The lowest BCUT2D eigenvalue weighted by molar-refractivity contribution is -0.120. The van der Waals surface area contributed by atoms with Crippen LogP contribution in [-0.4, -0.2) is 32.0 Å². The second kappa shape index (κ2) is 5.53. The third kappa shape index (κ3) is 3.11. The van der Waals surface area contributed by atoms with Gasteiger partial charge in [-0.1, -0.05) is 18.2 Å². The zero-order valence-electron chi connectivity index (χ0n) is 11.3. The summed E-state index contributed by atoms with van der Waals surface area (Å²) in [5.41, 5.74) is 0. The minimum absolute atomic E-state index is 0.0999. The first-order valence-electron chi connectivity index (χ1n) is 7.13. The Morgan fingerprint density at radius 2 is 2.21 bits per heavy atom. The number of hydrogen-bond acceptors (Lipinski definition) is 4. The van der Waals surface area contributed by atoms with E-state index in [1.54, 1.807) is 0 Å². The number of nitrogens with one attached hydrogen (secondary N) is 1. The molecule has 1 aromatic heterocycles. The van der Waals surface area contributed by atoms with Crippen LogP contribution in [0.2, 0.25) is 0 Å². The maximum Gasteiger partial charge on any atom is 0.233 e. The van der Waals surface area contributed by atoms with Gasteiger partial charge in [-0.2, -0.15) is 0 Å². The Hall–Kier alpha value is -1.04. The number of rotatable bonds is 4. The van der Waals surface area contributed by atoms with Crippen LogP contribution in [0.15, 0.2) is 5.16 Å². The second-order valence-corrected chi connectivity index (χ2v) is 6.71. The number of carbonyl (C=O) groups is 1. The van der Waals surface area contributed by atoms with Gasteiger partial charge in [0.05, 0.1) is 5.25 Å². The van der Waals surface area contributed by atoms with Crippen LogP contribution in [0.5, 0.6) is 0 Å². The summed E-state index contributed by atoms with van der Waals surface area (Å²) in [6, 6.07) is 0.422. The molecule has 0 radical (unpaired) electrons. The van der Waals surface area contributed by atoms with Gasteiger partial charge in [-0.05, 0) is 32.6 Å². The Labute approximate surface area is 117 Å². The highest BCUT2D eigenvalue weighted by Crippen LogP contribution is 2.26. The molecule has 0 bridgehead atoms. The molecule has 0 saturated heterocycles. The van der Waals surface area contributed by atoms with Gasteiger partial charge in [0.1, 0.15) is 5.82 Å². The van der Waals surface area contributed by atoms with E-state index in [9.17, 15) is 4.79 Å². The molecule has 0 unspecified atom stereocenters. The molecule has 1 aromatic rings. The highest BCUT2D eigenvalue weighted by Gasteiger charge is 2.27. The van der Waals surface area contributed by atoms with Crippen molar-refractivity contribution in [3.05, 3.63) is 5.82 Å². The van der Waals surface area contributed by atoms with Gasteiger partial charge < -0.3 is 9.88 Å². The lowest BCUT2D eigenvalue weighted by Crippen LogP contribution is -2.32. The van der Waals surface area contributed by atoms with Crippen LogP contribution in [0.4, 0.5) is 0 Å². The van der Waals surface area contributed by atoms with Crippen molar-refractivity contribution in [2.45, 2.75) is 68.4 Å². The number of nitrogens with zero attached hydrogens (tertiary/aromatic N) is 3. The van der Waals surface area contributed by atoms with Crippen molar-refractivity contribution in [1.29, 1.82) is 0 Å². The fraction of sp³-hybridized carbons (Fsp3) is 0.769. The standard InChI is InChI=1S/C13H20N4OS/c1-9(12(18)14-10-6-7-10)19-13-16-15-11-5-3-2-4-8-17(11)13/h9-10H,2-8H2,1H3,(H,14,18)/t9-/m0/s1. The van der Waals surface area contributed by atoms with Crippen LogP contribution in [0, 0.1) is 0 Å². The molecule has 6 heteroatoms. The van der Waals surface area contributed by atoms with Gasteiger partial charge in [0, 0.05) is 19.0 Å². The minimum atomic E-state index is -0.0999. The smallest absolute Gasteiger partial charge is 0.233 e. The predicted octanol–water partition coefficient (Wildman–Crippen LogP) is 1.76. The van der Waals surface area contributed by atoms with Gasteiger partial charge in [-0.15, -0.1) is 10.2 Å². The lowest BCUT2D eigenvalue weighted by Gasteiger charge is -2.12. The average molecular weight is 280 g/mol. The fourth-order valence-electron chi connectivity index (χ4n) is 2.30. The Bertz CT molecular complexity index is 469.